The van der Waals surface area contributed by atoms with Gasteiger partial charge in [0.05, 0.1) is 11.7 Å². The number of halogens is 1. The Balaban J connectivity index is 2.93. The minimum absolute atomic E-state index is 0.0345. The summed E-state index contributed by atoms with van der Waals surface area (Å²) in [5, 5.41) is 28.1. The molecular weight excluding hydrogens is 246 g/mol. The molecule has 0 aliphatic heterocycles. The topological polar surface area (TPSA) is 104 Å². The number of hydrogen-bond donors (Lipinski definition) is 4. The Morgan fingerprint density at radius 2 is 2.06 bits per heavy atom. The van der Waals surface area contributed by atoms with Crippen LogP contribution >= 0.6 is 11.6 Å². The van der Waals surface area contributed by atoms with Gasteiger partial charge in [0.15, 0.2) is 0 Å². The fourth-order valence-corrected chi connectivity index (χ4v) is 1.68. The fourth-order valence-electron chi connectivity index (χ4n) is 1.45. The van der Waals surface area contributed by atoms with Crippen molar-refractivity contribution in [3.63, 3.8) is 0 Å². The molecule has 0 aliphatic rings. The van der Waals surface area contributed by atoms with Crippen molar-refractivity contribution in [2.75, 3.05) is 11.6 Å². The van der Waals surface area contributed by atoms with Crippen molar-refractivity contribution < 1.29 is 20.1 Å². The molecule has 0 radical (unpaired) electrons. The quantitative estimate of drug-likeness (QED) is 0.466. The first-order valence-corrected chi connectivity index (χ1v) is 5.55. The number of rotatable bonds is 5. The number of anilines is 1. The van der Waals surface area contributed by atoms with Gasteiger partial charge in [0.25, 0.3) is 0 Å². The van der Waals surface area contributed by atoms with E-state index >= 15 is 0 Å². The Morgan fingerprint density at radius 1 is 1.41 bits per heavy atom. The number of benzene rings is 1. The first-order valence-electron chi connectivity index (χ1n) is 5.02. The molecule has 1 aromatic rings. The standard InChI is InChI=1S/C11H14ClNO4/c12-4-3-9(14)10(15)6-1-2-7(11(16)17)8(13)5-6/h1-2,5,9-10,14-15H,3-4,13H2,(H,16,17). The highest BCUT2D eigenvalue weighted by Gasteiger charge is 2.19. The van der Waals surface area contributed by atoms with Crippen LogP contribution in [0, 0.1) is 0 Å². The summed E-state index contributed by atoms with van der Waals surface area (Å²) in [5.41, 5.74) is 5.91. The molecule has 0 amide bonds. The maximum Gasteiger partial charge on any atom is 0.337 e. The molecule has 0 aromatic heterocycles. The molecule has 17 heavy (non-hydrogen) atoms. The number of carboxylic acids is 1. The number of carbonyl (C=O) groups is 1. The number of alkyl halides is 1. The van der Waals surface area contributed by atoms with Crippen LogP contribution in [0.4, 0.5) is 5.69 Å². The van der Waals surface area contributed by atoms with E-state index in [9.17, 15) is 15.0 Å². The monoisotopic (exact) mass is 259 g/mol. The molecule has 0 saturated carbocycles. The summed E-state index contributed by atoms with van der Waals surface area (Å²) in [7, 11) is 0. The molecule has 94 valence electrons. The number of hydrogen-bond acceptors (Lipinski definition) is 4. The summed E-state index contributed by atoms with van der Waals surface area (Å²) in [4.78, 5) is 10.7. The number of nitrogens with two attached hydrogens (primary N) is 1. The van der Waals surface area contributed by atoms with E-state index < -0.39 is 18.2 Å². The normalized spacial score (nSPS) is 14.3. The molecular formula is C11H14ClNO4. The lowest BCUT2D eigenvalue weighted by Gasteiger charge is -2.17. The van der Waals surface area contributed by atoms with Gasteiger partial charge >= 0.3 is 5.97 Å². The summed E-state index contributed by atoms with van der Waals surface area (Å²) in [6.45, 7) is 0. The van der Waals surface area contributed by atoms with E-state index in [1.165, 1.54) is 18.2 Å². The van der Waals surface area contributed by atoms with E-state index in [-0.39, 0.29) is 23.6 Å². The van der Waals surface area contributed by atoms with Crippen molar-refractivity contribution in [1.29, 1.82) is 0 Å². The van der Waals surface area contributed by atoms with E-state index in [4.69, 9.17) is 22.4 Å². The van der Waals surface area contributed by atoms with Gasteiger partial charge < -0.3 is 21.1 Å². The maximum absolute atomic E-state index is 10.7. The highest BCUT2D eigenvalue weighted by Crippen LogP contribution is 2.23. The lowest BCUT2D eigenvalue weighted by molar-refractivity contribution is 0.0170. The fraction of sp³-hybridized carbons (Fsp3) is 0.364. The van der Waals surface area contributed by atoms with Gasteiger partial charge in [-0.2, -0.15) is 0 Å². The number of carboxylic acid groups (broad SMARTS) is 1. The van der Waals surface area contributed by atoms with Gasteiger partial charge in [-0.25, -0.2) is 4.79 Å². The molecule has 1 aromatic carbocycles. The summed E-state index contributed by atoms with van der Waals surface area (Å²) in [5.74, 6) is -0.911. The van der Waals surface area contributed by atoms with Crippen LogP contribution in [0.5, 0.6) is 0 Å². The van der Waals surface area contributed by atoms with Crippen LogP contribution in [0.3, 0.4) is 0 Å². The molecule has 1 rings (SSSR count). The van der Waals surface area contributed by atoms with E-state index in [0.717, 1.165) is 0 Å². The summed E-state index contributed by atoms with van der Waals surface area (Å²) in [6, 6.07) is 4.05. The zero-order valence-electron chi connectivity index (χ0n) is 9.01. The zero-order valence-corrected chi connectivity index (χ0v) is 9.76. The predicted molar refractivity (Wildman–Crippen MR) is 64.1 cm³/mol. The number of aliphatic hydroxyl groups excluding tert-OH is 2. The Bertz CT molecular complexity index is 410. The van der Waals surface area contributed by atoms with Crippen molar-refractivity contribution in [2.45, 2.75) is 18.6 Å². The molecule has 0 saturated heterocycles. The highest BCUT2D eigenvalue weighted by molar-refractivity contribution is 6.17. The minimum atomic E-state index is -1.13. The maximum atomic E-state index is 10.7. The average molecular weight is 260 g/mol. The van der Waals surface area contributed by atoms with Crippen LogP contribution in [0.1, 0.15) is 28.4 Å². The first kappa shape index (κ1) is 13.8. The van der Waals surface area contributed by atoms with Crippen LogP contribution in [-0.4, -0.2) is 33.3 Å². The lowest BCUT2D eigenvalue weighted by Crippen LogP contribution is -2.19. The first-order chi connectivity index (χ1) is 7.97. The van der Waals surface area contributed by atoms with Crippen LogP contribution in [0.2, 0.25) is 0 Å². The van der Waals surface area contributed by atoms with Crippen LogP contribution < -0.4 is 5.73 Å². The molecule has 0 aliphatic carbocycles. The molecule has 5 nitrogen and oxygen atoms in total. The third kappa shape index (κ3) is 3.33. The predicted octanol–water partition coefficient (Wildman–Crippen LogP) is 0.990. The lowest BCUT2D eigenvalue weighted by atomic mass is 10.00. The molecule has 6 heteroatoms. The summed E-state index contributed by atoms with van der Waals surface area (Å²) in [6.07, 6.45) is -1.88. The molecule has 0 bridgehead atoms. The molecule has 2 unspecified atom stereocenters. The van der Waals surface area contributed by atoms with E-state index in [2.05, 4.69) is 0 Å². The smallest absolute Gasteiger partial charge is 0.337 e. The van der Waals surface area contributed by atoms with Crippen molar-refractivity contribution in [1.82, 2.24) is 0 Å². The van der Waals surface area contributed by atoms with Gasteiger partial charge in [-0.15, -0.1) is 11.6 Å². The number of aromatic carboxylic acids is 1. The van der Waals surface area contributed by atoms with Gasteiger partial charge in [-0.3, -0.25) is 0 Å². The van der Waals surface area contributed by atoms with Gasteiger partial charge in [-0.1, -0.05) is 6.07 Å². The Labute approximate surface area is 103 Å². The molecule has 0 spiro atoms. The molecule has 2 atom stereocenters. The Morgan fingerprint density at radius 3 is 2.53 bits per heavy atom. The summed E-state index contributed by atoms with van der Waals surface area (Å²) >= 11 is 5.45. The van der Waals surface area contributed by atoms with Crippen molar-refractivity contribution in [2.24, 2.45) is 0 Å². The second-order valence-corrected chi connectivity index (χ2v) is 4.02. The third-order valence-electron chi connectivity index (χ3n) is 2.42. The van der Waals surface area contributed by atoms with Crippen molar-refractivity contribution in [3.8, 4) is 0 Å². The highest BCUT2D eigenvalue weighted by atomic mass is 35.5. The van der Waals surface area contributed by atoms with Gasteiger partial charge in [0, 0.05) is 11.6 Å². The second kappa shape index (κ2) is 5.86. The zero-order chi connectivity index (χ0) is 13.0. The van der Waals surface area contributed by atoms with E-state index in [1.54, 1.807) is 0 Å². The minimum Gasteiger partial charge on any atom is -0.478 e. The van der Waals surface area contributed by atoms with E-state index in [1.807, 2.05) is 0 Å². The van der Waals surface area contributed by atoms with Crippen LogP contribution in [0.25, 0.3) is 0 Å². The van der Waals surface area contributed by atoms with Crippen LogP contribution in [-0.2, 0) is 0 Å². The van der Waals surface area contributed by atoms with Crippen LogP contribution in [0.15, 0.2) is 18.2 Å². The van der Waals surface area contributed by atoms with Gasteiger partial charge in [-0.05, 0) is 24.1 Å². The van der Waals surface area contributed by atoms with Crippen molar-refractivity contribution in [3.05, 3.63) is 29.3 Å². The summed E-state index contributed by atoms with van der Waals surface area (Å²) < 4.78 is 0. The molecule has 0 heterocycles. The molecule has 0 fully saturated rings. The third-order valence-corrected chi connectivity index (χ3v) is 2.64. The Hall–Kier alpha value is -1.30. The Kier molecular flexibility index (Phi) is 4.74. The SMILES string of the molecule is Nc1cc(C(O)C(O)CCCl)ccc1C(=O)O. The van der Waals surface area contributed by atoms with Gasteiger partial charge in [0.2, 0.25) is 0 Å². The number of nitrogen functional groups attached to an aromatic ring is 1. The number of aliphatic hydroxyl groups is 2. The second-order valence-electron chi connectivity index (χ2n) is 3.64. The van der Waals surface area contributed by atoms with Gasteiger partial charge in [0.1, 0.15) is 6.10 Å². The van der Waals surface area contributed by atoms with Crippen molar-refractivity contribution >= 4 is 23.3 Å². The molecule has 5 N–H and O–H groups in total. The van der Waals surface area contributed by atoms with E-state index in [0.29, 0.717) is 5.56 Å². The average Bonchev–Trinajstić information content (AvgIpc) is 2.27. The largest absolute Gasteiger partial charge is 0.478 e.